The van der Waals surface area contributed by atoms with E-state index in [9.17, 15) is 9.90 Å². The first-order valence-corrected chi connectivity index (χ1v) is 8.08. The summed E-state index contributed by atoms with van der Waals surface area (Å²) in [6.45, 7) is 10.3. The number of rotatable bonds is 9. The second-order valence-electron chi connectivity index (χ2n) is 6.91. The molecule has 0 spiro atoms. The van der Waals surface area contributed by atoms with Crippen LogP contribution in [-0.4, -0.2) is 47.2 Å². The predicted molar refractivity (Wildman–Crippen MR) is 82.6 cm³/mol. The molecule has 1 aliphatic rings. The van der Waals surface area contributed by atoms with Gasteiger partial charge in [-0.3, -0.25) is 9.69 Å². The molecule has 2 N–H and O–H groups in total. The Kier molecular flexibility index (Phi) is 6.96. The lowest BCUT2D eigenvalue weighted by Crippen LogP contribution is -2.63. The molecule has 0 aromatic carbocycles. The molecule has 1 atom stereocenters. The number of hydrogen-bond acceptors (Lipinski definition) is 3. The number of β-amino-alcohol motifs (C(OH)–C–C–N with tert-alkyl or cyclic N) is 1. The second kappa shape index (κ2) is 7.99. The van der Waals surface area contributed by atoms with Crippen LogP contribution in [0.2, 0.25) is 0 Å². The van der Waals surface area contributed by atoms with E-state index < -0.39 is 5.60 Å². The third-order valence-electron chi connectivity index (χ3n) is 3.94. The van der Waals surface area contributed by atoms with Crippen molar-refractivity contribution in [1.29, 1.82) is 0 Å². The lowest BCUT2D eigenvalue weighted by molar-refractivity contribution is -0.134. The van der Waals surface area contributed by atoms with Crippen LogP contribution >= 0.6 is 0 Å². The van der Waals surface area contributed by atoms with Gasteiger partial charge in [-0.15, -0.1) is 0 Å². The van der Waals surface area contributed by atoms with E-state index in [2.05, 4.69) is 33.0 Å². The number of carbonyl (C=O) groups is 1. The molecule has 4 nitrogen and oxygen atoms in total. The highest BCUT2D eigenvalue weighted by atomic mass is 16.3. The maximum atomic E-state index is 11.9. The Bertz CT molecular complexity index is 299. The third kappa shape index (κ3) is 6.23. The van der Waals surface area contributed by atoms with Crippen molar-refractivity contribution in [1.82, 2.24) is 10.2 Å². The number of hydrogen-bond donors (Lipinski definition) is 2. The summed E-state index contributed by atoms with van der Waals surface area (Å²) in [4.78, 5) is 13.9. The minimum Gasteiger partial charge on any atom is -0.387 e. The topological polar surface area (TPSA) is 52.6 Å². The van der Waals surface area contributed by atoms with Crippen molar-refractivity contribution in [2.45, 2.75) is 71.4 Å². The fourth-order valence-electron chi connectivity index (χ4n) is 2.95. The van der Waals surface area contributed by atoms with Gasteiger partial charge in [-0.1, -0.05) is 40.0 Å². The Morgan fingerprint density at radius 3 is 2.50 bits per heavy atom. The minimum absolute atomic E-state index is 0.0839. The zero-order valence-electron chi connectivity index (χ0n) is 13.6. The lowest BCUT2D eigenvalue weighted by Gasteiger charge is -2.46. The van der Waals surface area contributed by atoms with Crippen molar-refractivity contribution in [2.75, 3.05) is 19.6 Å². The van der Waals surface area contributed by atoms with E-state index in [4.69, 9.17) is 0 Å². The van der Waals surface area contributed by atoms with Crippen LogP contribution in [0.5, 0.6) is 0 Å². The summed E-state index contributed by atoms with van der Waals surface area (Å²) in [6, 6.07) is 0.247. The van der Waals surface area contributed by atoms with Gasteiger partial charge in [-0.25, -0.2) is 0 Å². The van der Waals surface area contributed by atoms with Crippen LogP contribution in [0.4, 0.5) is 0 Å². The summed E-state index contributed by atoms with van der Waals surface area (Å²) in [5.41, 5.74) is -0.544. The maximum Gasteiger partial charge on any atom is 0.234 e. The number of likely N-dealkylation sites (tertiary alicyclic amines) is 1. The lowest BCUT2D eigenvalue weighted by atomic mass is 9.89. The largest absolute Gasteiger partial charge is 0.387 e. The van der Waals surface area contributed by atoms with E-state index in [0.29, 0.717) is 19.6 Å². The van der Waals surface area contributed by atoms with Gasteiger partial charge < -0.3 is 10.4 Å². The molecule has 1 rings (SSSR count). The van der Waals surface area contributed by atoms with E-state index in [1.165, 1.54) is 12.8 Å². The number of carbonyl (C=O) groups excluding carboxylic acids is 1. The minimum atomic E-state index is -0.544. The van der Waals surface area contributed by atoms with Crippen LogP contribution in [0.1, 0.15) is 59.8 Å². The first-order valence-electron chi connectivity index (χ1n) is 8.08. The Morgan fingerprint density at radius 2 is 1.95 bits per heavy atom. The van der Waals surface area contributed by atoms with E-state index in [1.54, 1.807) is 0 Å². The number of aliphatic hydroxyl groups is 1. The number of amides is 1. The molecule has 0 aliphatic carbocycles. The van der Waals surface area contributed by atoms with Gasteiger partial charge in [0.1, 0.15) is 0 Å². The van der Waals surface area contributed by atoms with Crippen LogP contribution < -0.4 is 5.32 Å². The molecule has 1 saturated heterocycles. The van der Waals surface area contributed by atoms with Gasteiger partial charge in [0.05, 0.1) is 12.1 Å². The summed E-state index contributed by atoms with van der Waals surface area (Å²) >= 11 is 0. The van der Waals surface area contributed by atoms with E-state index >= 15 is 0 Å². The van der Waals surface area contributed by atoms with Crippen molar-refractivity contribution in [3.8, 4) is 0 Å². The summed E-state index contributed by atoms with van der Waals surface area (Å²) in [5.74, 6) is 0.816. The molecule has 0 bridgehead atoms. The normalized spacial score (nSPS) is 19.7. The average Bonchev–Trinajstić information content (AvgIpc) is 2.26. The van der Waals surface area contributed by atoms with Gasteiger partial charge in [-0.2, -0.15) is 0 Å². The molecule has 0 radical (unpaired) electrons. The number of nitrogens with zero attached hydrogens (tertiary/aromatic N) is 1. The zero-order valence-corrected chi connectivity index (χ0v) is 13.6. The van der Waals surface area contributed by atoms with Crippen molar-refractivity contribution < 1.29 is 9.90 Å². The zero-order chi connectivity index (χ0) is 15.2. The van der Waals surface area contributed by atoms with Gasteiger partial charge in [0.2, 0.25) is 5.91 Å². The van der Waals surface area contributed by atoms with Gasteiger partial charge in [0.15, 0.2) is 0 Å². The summed E-state index contributed by atoms with van der Waals surface area (Å²) in [5, 5.41) is 13.1. The molecule has 1 fully saturated rings. The molecule has 1 heterocycles. The highest BCUT2D eigenvalue weighted by Crippen LogP contribution is 2.25. The van der Waals surface area contributed by atoms with Crippen molar-refractivity contribution in [3.05, 3.63) is 0 Å². The molecular formula is C16H32N2O2. The van der Waals surface area contributed by atoms with Crippen molar-refractivity contribution >= 4 is 5.91 Å². The predicted octanol–water partition coefficient (Wildman–Crippen LogP) is 2.16. The first-order chi connectivity index (χ1) is 9.34. The molecule has 4 heteroatoms. The van der Waals surface area contributed by atoms with Crippen molar-refractivity contribution in [2.24, 2.45) is 5.92 Å². The summed E-state index contributed by atoms with van der Waals surface area (Å²) in [7, 11) is 0. The quantitative estimate of drug-likeness (QED) is 0.682. The Balaban J connectivity index is 2.12. The van der Waals surface area contributed by atoms with Crippen LogP contribution in [0.25, 0.3) is 0 Å². The molecule has 118 valence electrons. The smallest absolute Gasteiger partial charge is 0.234 e. The Labute approximate surface area is 123 Å². The summed E-state index contributed by atoms with van der Waals surface area (Å²) in [6.07, 6.45) is 5.25. The van der Waals surface area contributed by atoms with E-state index in [0.717, 1.165) is 25.2 Å². The maximum absolute atomic E-state index is 11.9. The Morgan fingerprint density at radius 1 is 1.30 bits per heavy atom. The van der Waals surface area contributed by atoms with Gasteiger partial charge in [-0.05, 0) is 25.7 Å². The van der Waals surface area contributed by atoms with Crippen LogP contribution in [0.15, 0.2) is 0 Å². The van der Waals surface area contributed by atoms with E-state index in [1.807, 2.05) is 4.90 Å². The molecule has 0 aromatic heterocycles. The standard InChI is InChI=1S/C16H32N2O2/c1-5-9-16(20)11-18(12-16)10-15(19)17-14(4)8-6-7-13(2)3/h13-14,20H,5-12H2,1-4H3,(H,17,19). The molecule has 1 unspecified atom stereocenters. The molecule has 20 heavy (non-hydrogen) atoms. The SMILES string of the molecule is CCCC1(O)CN(CC(=O)NC(C)CCCC(C)C)C1. The third-order valence-corrected chi connectivity index (χ3v) is 3.94. The van der Waals surface area contributed by atoms with Gasteiger partial charge >= 0.3 is 0 Å². The van der Waals surface area contributed by atoms with Crippen molar-refractivity contribution in [3.63, 3.8) is 0 Å². The molecule has 1 aliphatic heterocycles. The molecule has 0 saturated carbocycles. The summed E-state index contributed by atoms with van der Waals surface area (Å²) < 4.78 is 0. The molecule has 0 aromatic rings. The first kappa shape index (κ1) is 17.4. The molecule has 1 amide bonds. The second-order valence-corrected chi connectivity index (χ2v) is 6.91. The van der Waals surface area contributed by atoms with Gasteiger partial charge in [0.25, 0.3) is 0 Å². The van der Waals surface area contributed by atoms with Crippen LogP contribution in [0, 0.1) is 5.92 Å². The highest BCUT2D eigenvalue weighted by Gasteiger charge is 2.40. The average molecular weight is 284 g/mol. The fraction of sp³-hybridized carbons (Fsp3) is 0.938. The highest BCUT2D eigenvalue weighted by molar-refractivity contribution is 5.78. The van der Waals surface area contributed by atoms with E-state index in [-0.39, 0.29) is 11.9 Å². The monoisotopic (exact) mass is 284 g/mol. The molecular weight excluding hydrogens is 252 g/mol. The van der Waals surface area contributed by atoms with Crippen LogP contribution in [-0.2, 0) is 4.79 Å². The fourth-order valence-corrected chi connectivity index (χ4v) is 2.95. The number of nitrogens with one attached hydrogen (secondary N) is 1. The van der Waals surface area contributed by atoms with Crippen LogP contribution in [0.3, 0.4) is 0 Å². The Hall–Kier alpha value is -0.610. The van der Waals surface area contributed by atoms with Gasteiger partial charge in [0, 0.05) is 19.1 Å².